The van der Waals surface area contributed by atoms with Gasteiger partial charge < -0.3 is 15.7 Å². The first kappa shape index (κ1) is 24.8. The zero-order chi connectivity index (χ0) is 24.0. The molecule has 1 atom stereocenters. The summed E-state index contributed by atoms with van der Waals surface area (Å²) in [7, 11) is 0. The molecule has 0 bridgehead atoms. The van der Waals surface area contributed by atoms with Crippen LogP contribution in [-0.2, 0) is 11.3 Å². The summed E-state index contributed by atoms with van der Waals surface area (Å²) in [5, 5.41) is 14.6. The van der Waals surface area contributed by atoms with Gasteiger partial charge in [-0.25, -0.2) is 14.1 Å². The Labute approximate surface area is 198 Å². The highest BCUT2D eigenvalue weighted by atomic mass is 35.5. The lowest BCUT2D eigenvalue weighted by molar-refractivity contribution is -0.138. The van der Waals surface area contributed by atoms with E-state index in [1.165, 1.54) is 18.2 Å². The maximum atomic E-state index is 14.6. The van der Waals surface area contributed by atoms with Crippen molar-refractivity contribution in [3.05, 3.63) is 70.8 Å². The van der Waals surface area contributed by atoms with E-state index in [0.29, 0.717) is 36.9 Å². The molecule has 7 nitrogen and oxygen atoms in total. The minimum Gasteiger partial charge on any atom is -0.387 e. The number of rotatable bonds is 10. The lowest BCUT2D eigenvalue weighted by atomic mass is 10.0. The Balaban J connectivity index is 2.15. The number of hydrogen-bond donors (Lipinski definition) is 2. The van der Waals surface area contributed by atoms with E-state index in [1.54, 1.807) is 9.58 Å². The molecule has 3 aromatic rings. The second-order valence-corrected chi connectivity index (χ2v) is 8.57. The number of aliphatic hydroxyl groups excluding tert-OH is 1. The van der Waals surface area contributed by atoms with E-state index in [-0.39, 0.29) is 17.3 Å². The molecule has 0 aliphatic rings. The van der Waals surface area contributed by atoms with Crippen molar-refractivity contribution in [3.63, 3.8) is 0 Å². The van der Waals surface area contributed by atoms with E-state index >= 15 is 0 Å². The number of halogens is 2. The minimum atomic E-state index is -0.629. The number of nitrogens with zero attached hydrogens (tertiary/aromatic N) is 4. The number of nitrogens with two attached hydrogens (primary N) is 1. The zero-order valence-electron chi connectivity index (χ0n) is 18.8. The molecule has 0 fully saturated rings. The van der Waals surface area contributed by atoms with Crippen LogP contribution >= 0.6 is 11.6 Å². The smallest absolute Gasteiger partial charge is 0.248 e. The molecule has 3 N–H and O–H groups in total. The molecule has 0 unspecified atom stereocenters. The number of benzene rings is 2. The van der Waals surface area contributed by atoms with Gasteiger partial charge in [0.2, 0.25) is 5.91 Å². The van der Waals surface area contributed by atoms with Crippen molar-refractivity contribution >= 4 is 17.5 Å². The van der Waals surface area contributed by atoms with Crippen LogP contribution in [0.25, 0.3) is 11.4 Å². The molecule has 33 heavy (non-hydrogen) atoms. The van der Waals surface area contributed by atoms with E-state index in [0.717, 1.165) is 5.56 Å². The number of hydrogen-bond acceptors (Lipinski definition) is 5. The van der Waals surface area contributed by atoms with E-state index in [9.17, 15) is 14.3 Å². The second kappa shape index (κ2) is 11.4. The van der Waals surface area contributed by atoms with Crippen molar-refractivity contribution in [2.75, 3.05) is 19.7 Å². The lowest BCUT2D eigenvalue weighted by Gasteiger charge is -2.33. The van der Waals surface area contributed by atoms with Gasteiger partial charge in [0, 0.05) is 11.6 Å². The Bertz CT molecular complexity index is 1070. The monoisotopic (exact) mass is 473 g/mol. The van der Waals surface area contributed by atoms with Crippen LogP contribution in [0, 0.1) is 11.7 Å². The fourth-order valence-corrected chi connectivity index (χ4v) is 3.97. The summed E-state index contributed by atoms with van der Waals surface area (Å²) in [6, 6.07) is 13.4. The van der Waals surface area contributed by atoms with Gasteiger partial charge in [0.1, 0.15) is 12.4 Å². The van der Waals surface area contributed by atoms with E-state index in [1.807, 2.05) is 44.2 Å². The first-order valence-electron chi connectivity index (χ1n) is 10.9. The first-order valence-corrected chi connectivity index (χ1v) is 11.3. The largest absolute Gasteiger partial charge is 0.387 e. The number of aromatic nitrogens is 3. The number of aliphatic hydroxyl groups is 1. The van der Waals surface area contributed by atoms with Crippen molar-refractivity contribution in [2.45, 2.75) is 32.9 Å². The highest BCUT2D eigenvalue weighted by Gasteiger charge is 2.32. The normalized spacial score (nSPS) is 12.2. The van der Waals surface area contributed by atoms with Crippen molar-refractivity contribution < 1.29 is 14.3 Å². The Morgan fingerprint density at radius 3 is 2.61 bits per heavy atom. The predicted octanol–water partition coefficient (Wildman–Crippen LogP) is 3.65. The summed E-state index contributed by atoms with van der Waals surface area (Å²) < 4.78 is 16.3. The highest BCUT2D eigenvalue weighted by Crippen LogP contribution is 2.31. The molecule has 9 heteroatoms. The number of amides is 1. The third-order valence-corrected chi connectivity index (χ3v) is 5.57. The van der Waals surface area contributed by atoms with Gasteiger partial charge in [-0.05, 0) is 42.6 Å². The van der Waals surface area contributed by atoms with Gasteiger partial charge in [-0.3, -0.25) is 4.79 Å². The van der Waals surface area contributed by atoms with Gasteiger partial charge in [0.15, 0.2) is 11.6 Å². The Morgan fingerprint density at radius 2 is 1.97 bits per heavy atom. The van der Waals surface area contributed by atoms with Crippen LogP contribution in [-0.4, -0.2) is 50.4 Å². The molecule has 3 rings (SSSR count). The second-order valence-electron chi connectivity index (χ2n) is 8.14. The van der Waals surface area contributed by atoms with Gasteiger partial charge in [0.05, 0.1) is 18.2 Å². The van der Waals surface area contributed by atoms with Crippen molar-refractivity contribution in [1.82, 2.24) is 19.7 Å². The maximum Gasteiger partial charge on any atom is 0.248 e. The molecule has 1 heterocycles. The van der Waals surface area contributed by atoms with Crippen LogP contribution in [0.2, 0.25) is 5.02 Å². The fraction of sp³-hybridized carbons (Fsp3) is 0.375. The Hall–Kier alpha value is -2.81. The summed E-state index contributed by atoms with van der Waals surface area (Å²) >= 11 is 6.10. The molecule has 2 aromatic carbocycles. The standard InChI is InChI=1S/C24H29ClFN5O2/c1-16(2)22(30(12-6-11-27)21(33)15-32)24-28-23(19-13-18(25)9-10-20(19)26)29-31(24)14-17-7-4-3-5-8-17/h3-5,7-10,13,16,22,32H,6,11-12,14-15,27H2,1-2H3/t22-/m1/s1. The average molecular weight is 474 g/mol. The van der Waals surface area contributed by atoms with Gasteiger partial charge in [-0.1, -0.05) is 55.8 Å². The van der Waals surface area contributed by atoms with Crippen LogP contribution in [0.5, 0.6) is 0 Å². The maximum absolute atomic E-state index is 14.6. The van der Waals surface area contributed by atoms with Crippen LogP contribution < -0.4 is 5.73 Å². The lowest BCUT2D eigenvalue weighted by Crippen LogP contribution is -2.41. The van der Waals surface area contributed by atoms with Crippen molar-refractivity contribution in [2.24, 2.45) is 11.7 Å². The van der Waals surface area contributed by atoms with Gasteiger partial charge in [-0.2, -0.15) is 5.10 Å². The van der Waals surface area contributed by atoms with Gasteiger partial charge in [0.25, 0.3) is 0 Å². The van der Waals surface area contributed by atoms with Gasteiger partial charge >= 0.3 is 0 Å². The molecule has 0 saturated carbocycles. The Kier molecular flexibility index (Phi) is 8.55. The van der Waals surface area contributed by atoms with Crippen LogP contribution in [0.4, 0.5) is 4.39 Å². The molecule has 0 spiro atoms. The van der Waals surface area contributed by atoms with Crippen LogP contribution in [0.1, 0.15) is 37.7 Å². The van der Waals surface area contributed by atoms with Crippen LogP contribution in [0.15, 0.2) is 48.5 Å². The molecule has 1 amide bonds. The summed E-state index contributed by atoms with van der Waals surface area (Å²) in [5.41, 5.74) is 6.85. The van der Waals surface area contributed by atoms with E-state index < -0.39 is 24.4 Å². The first-order chi connectivity index (χ1) is 15.8. The van der Waals surface area contributed by atoms with E-state index in [4.69, 9.17) is 22.3 Å². The topological polar surface area (TPSA) is 97.3 Å². The quantitative estimate of drug-likeness (QED) is 0.468. The fourth-order valence-electron chi connectivity index (χ4n) is 3.80. The summed E-state index contributed by atoms with van der Waals surface area (Å²) in [6.07, 6.45) is 0.567. The minimum absolute atomic E-state index is 0.0611. The zero-order valence-corrected chi connectivity index (χ0v) is 19.5. The summed E-state index contributed by atoms with van der Waals surface area (Å²) in [5.74, 6) is -0.292. The predicted molar refractivity (Wildman–Crippen MR) is 126 cm³/mol. The van der Waals surface area contributed by atoms with Crippen molar-refractivity contribution in [1.29, 1.82) is 0 Å². The molecular formula is C24H29ClFN5O2. The highest BCUT2D eigenvalue weighted by molar-refractivity contribution is 6.30. The van der Waals surface area contributed by atoms with E-state index in [2.05, 4.69) is 5.10 Å². The molecule has 176 valence electrons. The SMILES string of the molecule is CC(C)[C@H](c1nc(-c2cc(Cl)ccc2F)nn1Cc1ccccc1)N(CCCN)C(=O)CO. The molecule has 0 aliphatic heterocycles. The van der Waals surface area contributed by atoms with Gasteiger partial charge in [-0.15, -0.1) is 0 Å². The molecule has 0 radical (unpaired) electrons. The Morgan fingerprint density at radius 1 is 1.24 bits per heavy atom. The molecule has 1 aromatic heterocycles. The van der Waals surface area contributed by atoms with Crippen LogP contribution in [0.3, 0.4) is 0 Å². The molecule has 0 aliphatic carbocycles. The molecule has 0 saturated heterocycles. The average Bonchev–Trinajstić information content (AvgIpc) is 3.20. The summed E-state index contributed by atoms with van der Waals surface area (Å²) in [4.78, 5) is 19.0. The summed E-state index contributed by atoms with van der Waals surface area (Å²) in [6.45, 7) is 4.44. The third-order valence-electron chi connectivity index (χ3n) is 5.34. The third kappa shape index (κ3) is 5.96. The number of carbonyl (C=O) groups is 1. The van der Waals surface area contributed by atoms with Crippen molar-refractivity contribution in [3.8, 4) is 11.4 Å². The number of carbonyl (C=O) groups excluding carboxylic acids is 1. The molecular weight excluding hydrogens is 445 g/mol.